The molecule has 0 aliphatic heterocycles. The van der Waals surface area contributed by atoms with Crippen LogP contribution in [0.5, 0.6) is 0 Å². The minimum absolute atomic E-state index is 0.136. The molecular formula is C9H8ClF3O3S. The SMILES string of the molecule is CC(OS(=O)(=O)C(F)(F)F)c1ccccc1Cl. The summed E-state index contributed by atoms with van der Waals surface area (Å²) in [5.41, 5.74) is -5.27. The average Bonchev–Trinajstić information content (AvgIpc) is 2.15. The lowest BCUT2D eigenvalue weighted by molar-refractivity contribution is -0.0569. The predicted octanol–water partition coefficient (Wildman–Crippen LogP) is 3.27. The summed E-state index contributed by atoms with van der Waals surface area (Å²) < 4.78 is 61.7. The Kier molecular flexibility index (Phi) is 4.06. The molecule has 0 heterocycles. The van der Waals surface area contributed by atoms with Crippen molar-refractivity contribution < 1.29 is 25.8 Å². The van der Waals surface area contributed by atoms with E-state index in [0.717, 1.165) is 0 Å². The fourth-order valence-corrected chi connectivity index (χ4v) is 1.98. The molecular weight excluding hydrogens is 281 g/mol. The molecule has 1 atom stereocenters. The first-order valence-corrected chi connectivity index (χ1v) is 6.18. The number of halogens is 4. The average molecular weight is 289 g/mol. The molecule has 0 N–H and O–H groups in total. The van der Waals surface area contributed by atoms with E-state index >= 15 is 0 Å². The third-order valence-electron chi connectivity index (χ3n) is 1.90. The van der Waals surface area contributed by atoms with E-state index in [4.69, 9.17) is 11.6 Å². The second-order valence-electron chi connectivity index (χ2n) is 3.16. The Balaban J connectivity index is 2.96. The minimum atomic E-state index is -5.62. The topological polar surface area (TPSA) is 43.4 Å². The summed E-state index contributed by atoms with van der Waals surface area (Å²) in [6.45, 7) is 1.17. The van der Waals surface area contributed by atoms with Gasteiger partial charge in [-0.15, -0.1) is 0 Å². The smallest absolute Gasteiger partial charge is 0.255 e. The summed E-state index contributed by atoms with van der Waals surface area (Å²) >= 11 is 5.71. The molecule has 0 fully saturated rings. The first kappa shape index (κ1) is 14.3. The van der Waals surface area contributed by atoms with E-state index in [9.17, 15) is 21.6 Å². The first-order valence-electron chi connectivity index (χ1n) is 4.39. The molecule has 0 saturated carbocycles. The molecule has 8 heteroatoms. The van der Waals surface area contributed by atoms with E-state index < -0.39 is 21.7 Å². The standard InChI is InChI=1S/C9H8ClF3O3S/c1-6(7-4-2-3-5-8(7)10)16-17(14,15)9(11,12)13/h2-6H,1H3. The zero-order chi connectivity index (χ0) is 13.3. The van der Waals surface area contributed by atoms with E-state index in [1.807, 2.05) is 0 Å². The van der Waals surface area contributed by atoms with Crippen molar-refractivity contribution in [3.05, 3.63) is 34.9 Å². The quantitative estimate of drug-likeness (QED) is 0.633. The second-order valence-corrected chi connectivity index (χ2v) is 5.13. The number of hydrogen-bond acceptors (Lipinski definition) is 3. The van der Waals surface area contributed by atoms with Crippen LogP contribution in [-0.2, 0) is 14.3 Å². The van der Waals surface area contributed by atoms with Gasteiger partial charge in [-0.3, -0.25) is 4.18 Å². The van der Waals surface area contributed by atoms with E-state index in [-0.39, 0.29) is 10.6 Å². The van der Waals surface area contributed by atoms with E-state index in [0.29, 0.717) is 0 Å². The van der Waals surface area contributed by atoms with Gasteiger partial charge in [-0.05, 0) is 13.0 Å². The van der Waals surface area contributed by atoms with Crippen LogP contribution in [0.3, 0.4) is 0 Å². The molecule has 0 radical (unpaired) electrons. The molecule has 0 aliphatic rings. The van der Waals surface area contributed by atoms with Crippen LogP contribution < -0.4 is 0 Å². The Morgan fingerprint density at radius 1 is 1.29 bits per heavy atom. The lowest BCUT2D eigenvalue weighted by Gasteiger charge is -2.15. The van der Waals surface area contributed by atoms with Crippen molar-refractivity contribution in [3.8, 4) is 0 Å². The van der Waals surface area contributed by atoms with Gasteiger partial charge >= 0.3 is 15.6 Å². The molecule has 1 unspecified atom stereocenters. The number of benzene rings is 1. The molecule has 3 nitrogen and oxygen atoms in total. The summed E-state index contributed by atoms with van der Waals surface area (Å²) in [7, 11) is -5.62. The Morgan fingerprint density at radius 2 is 1.82 bits per heavy atom. The van der Waals surface area contributed by atoms with Gasteiger partial charge in [-0.25, -0.2) is 0 Å². The highest BCUT2D eigenvalue weighted by atomic mass is 35.5. The molecule has 1 rings (SSSR count). The molecule has 1 aromatic rings. The zero-order valence-electron chi connectivity index (χ0n) is 8.53. The van der Waals surface area contributed by atoms with Gasteiger partial charge in [0.25, 0.3) is 0 Å². The summed E-state index contributed by atoms with van der Waals surface area (Å²) in [6.07, 6.45) is -1.31. The fraction of sp³-hybridized carbons (Fsp3) is 0.333. The molecule has 96 valence electrons. The van der Waals surface area contributed by atoms with Crippen molar-refractivity contribution in [1.82, 2.24) is 0 Å². The molecule has 0 spiro atoms. The fourth-order valence-electron chi connectivity index (χ4n) is 1.10. The van der Waals surface area contributed by atoms with E-state index in [1.54, 1.807) is 6.07 Å². The van der Waals surface area contributed by atoms with Crippen LogP contribution in [0.15, 0.2) is 24.3 Å². The normalized spacial score (nSPS) is 14.6. The van der Waals surface area contributed by atoms with Crippen molar-refractivity contribution in [2.45, 2.75) is 18.5 Å². The van der Waals surface area contributed by atoms with Gasteiger partial charge in [0.1, 0.15) is 6.10 Å². The van der Waals surface area contributed by atoms with E-state index in [1.165, 1.54) is 25.1 Å². The van der Waals surface area contributed by atoms with Gasteiger partial charge in [0, 0.05) is 10.6 Å². The van der Waals surface area contributed by atoms with Crippen LogP contribution in [0, 0.1) is 0 Å². The Labute approximate surface area is 101 Å². The molecule has 0 aromatic heterocycles. The highest BCUT2D eigenvalue weighted by Crippen LogP contribution is 2.32. The third kappa shape index (κ3) is 3.34. The predicted molar refractivity (Wildman–Crippen MR) is 55.9 cm³/mol. The maximum Gasteiger partial charge on any atom is 0.523 e. The number of hydrogen-bond donors (Lipinski definition) is 0. The Hall–Kier alpha value is -0.790. The molecule has 0 amide bonds. The summed E-state index contributed by atoms with van der Waals surface area (Å²) in [5.74, 6) is 0. The van der Waals surface area contributed by atoms with Crippen LogP contribution >= 0.6 is 11.6 Å². The summed E-state index contributed by atoms with van der Waals surface area (Å²) in [6, 6.07) is 5.90. The van der Waals surface area contributed by atoms with Crippen LogP contribution in [0.1, 0.15) is 18.6 Å². The van der Waals surface area contributed by atoms with E-state index in [2.05, 4.69) is 4.18 Å². The Bertz CT molecular complexity index is 498. The molecule has 0 saturated heterocycles. The molecule has 0 bridgehead atoms. The molecule has 0 aliphatic carbocycles. The van der Waals surface area contributed by atoms with Crippen molar-refractivity contribution in [2.75, 3.05) is 0 Å². The Morgan fingerprint density at radius 3 is 2.29 bits per heavy atom. The second kappa shape index (κ2) is 4.83. The largest absolute Gasteiger partial charge is 0.523 e. The monoisotopic (exact) mass is 288 g/mol. The zero-order valence-corrected chi connectivity index (χ0v) is 10.1. The lowest BCUT2D eigenvalue weighted by atomic mass is 10.1. The van der Waals surface area contributed by atoms with Gasteiger partial charge < -0.3 is 0 Å². The minimum Gasteiger partial charge on any atom is -0.255 e. The highest BCUT2D eigenvalue weighted by molar-refractivity contribution is 7.87. The molecule has 17 heavy (non-hydrogen) atoms. The highest BCUT2D eigenvalue weighted by Gasteiger charge is 2.48. The van der Waals surface area contributed by atoms with Crippen molar-refractivity contribution >= 4 is 21.7 Å². The van der Waals surface area contributed by atoms with Gasteiger partial charge in [0.05, 0.1) is 0 Å². The van der Waals surface area contributed by atoms with Gasteiger partial charge in [-0.1, -0.05) is 29.8 Å². The number of alkyl halides is 3. The van der Waals surface area contributed by atoms with Crippen molar-refractivity contribution in [2.24, 2.45) is 0 Å². The summed E-state index contributed by atoms with van der Waals surface area (Å²) in [5, 5.41) is 0.136. The molecule has 1 aromatic carbocycles. The summed E-state index contributed by atoms with van der Waals surface area (Å²) in [4.78, 5) is 0. The maximum absolute atomic E-state index is 12.1. The van der Waals surface area contributed by atoms with Crippen LogP contribution in [0.2, 0.25) is 5.02 Å². The van der Waals surface area contributed by atoms with Crippen LogP contribution in [0.4, 0.5) is 13.2 Å². The third-order valence-corrected chi connectivity index (χ3v) is 3.35. The van der Waals surface area contributed by atoms with Crippen molar-refractivity contribution in [3.63, 3.8) is 0 Å². The van der Waals surface area contributed by atoms with Gasteiger partial charge in [0.2, 0.25) is 0 Å². The maximum atomic E-state index is 12.1. The number of rotatable bonds is 3. The van der Waals surface area contributed by atoms with Crippen LogP contribution in [-0.4, -0.2) is 13.9 Å². The van der Waals surface area contributed by atoms with Gasteiger partial charge in [0.15, 0.2) is 0 Å². The van der Waals surface area contributed by atoms with Crippen LogP contribution in [0.25, 0.3) is 0 Å². The van der Waals surface area contributed by atoms with Crippen molar-refractivity contribution in [1.29, 1.82) is 0 Å². The first-order chi connectivity index (χ1) is 7.65. The van der Waals surface area contributed by atoms with Gasteiger partial charge in [-0.2, -0.15) is 21.6 Å². The lowest BCUT2D eigenvalue weighted by Crippen LogP contribution is -2.26.